The van der Waals surface area contributed by atoms with Crippen molar-refractivity contribution in [2.45, 2.75) is 57.1 Å². The van der Waals surface area contributed by atoms with Crippen LogP contribution in [0.3, 0.4) is 0 Å². The molecule has 3 nitrogen and oxygen atoms in total. The lowest BCUT2D eigenvalue weighted by atomic mass is 9.96. The lowest BCUT2D eigenvalue weighted by Crippen LogP contribution is -2.35. The van der Waals surface area contributed by atoms with Crippen LogP contribution < -0.4 is 0 Å². The molecule has 2 fully saturated rings. The second-order valence-electron chi connectivity index (χ2n) is 6.50. The molecule has 116 valence electrons. The number of aliphatic hydroxyl groups is 1. The molecule has 0 spiro atoms. The maximum absolute atomic E-state index is 12.9. The lowest BCUT2D eigenvalue weighted by molar-refractivity contribution is 0.121. The number of aliphatic hydroxyl groups excluding tert-OH is 1. The molecule has 1 saturated heterocycles. The van der Waals surface area contributed by atoms with Crippen LogP contribution in [0, 0.1) is 11.7 Å². The molecule has 1 saturated carbocycles. The van der Waals surface area contributed by atoms with Gasteiger partial charge in [-0.25, -0.2) is 4.39 Å². The van der Waals surface area contributed by atoms with Crippen molar-refractivity contribution in [2.75, 3.05) is 13.1 Å². The van der Waals surface area contributed by atoms with E-state index >= 15 is 0 Å². The van der Waals surface area contributed by atoms with Gasteiger partial charge in [0, 0.05) is 12.6 Å². The van der Waals surface area contributed by atoms with Crippen molar-refractivity contribution in [2.24, 2.45) is 5.92 Å². The number of nitrogens with zero attached hydrogens (tertiary/aromatic N) is 2. The smallest absolute Gasteiger partial charge is 0.141 e. The largest absolute Gasteiger partial charge is 0.387 e. The van der Waals surface area contributed by atoms with E-state index in [0.29, 0.717) is 12.1 Å². The fourth-order valence-corrected chi connectivity index (χ4v) is 4.03. The van der Waals surface area contributed by atoms with E-state index in [1.54, 1.807) is 6.07 Å². The molecule has 3 rings (SSSR count). The van der Waals surface area contributed by atoms with Crippen molar-refractivity contribution in [1.29, 1.82) is 0 Å². The highest BCUT2D eigenvalue weighted by Gasteiger charge is 2.33. The minimum absolute atomic E-state index is 0.355. The van der Waals surface area contributed by atoms with Crippen LogP contribution in [0.15, 0.2) is 18.3 Å². The van der Waals surface area contributed by atoms with Crippen molar-refractivity contribution in [3.8, 4) is 0 Å². The molecule has 1 aliphatic carbocycles. The number of hydrogen-bond donors (Lipinski definition) is 1. The Labute approximate surface area is 126 Å². The Kier molecular flexibility index (Phi) is 4.86. The summed E-state index contributed by atoms with van der Waals surface area (Å²) in [5.74, 6) is 0.514. The summed E-state index contributed by atoms with van der Waals surface area (Å²) in [6, 6.07) is 3.67. The van der Waals surface area contributed by atoms with Gasteiger partial charge in [-0.1, -0.05) is 12.8 Å². The molecule has 21 heavy (non-hydrogen) atoms. The van der Waals surface area contributed by atoms with Crippen LogP contribution in [0.4, 0.5) is 4.39 Å². The maximum Gasteiger partial charge on any atom is 0.141 e. The number of aromatic nitrogens is 1. The molecule has 0 bridgehead atoms. The Morgan fingerprint density at radius 2 is 2.05 bits per heavy atom. The predicted octanol–water partition coefficient (Wildman–Crippen LogP) is 3.30. The summed E-state index contributed by atoms with van der Waals surface area (Å²) in [4.78, 5) is 6.53. The van der Waals surface area contributed by atoms with E-state index in [-0.39, 0.29) is 5.82 Å². The van der Waals surface area contributed by atoms with Crippen LogP contribution in [0.5, 0.6) is 0 Å². The van der Waals surface area contributed by atoms with E-state index in [4.69, 9.17) is 0 Å². The molecule has 2 atom stereocenters. The number of hydrogen-bond acceptors (Lipinski definition) is 3. The van der Waals surface area contributed by atoms with Crippen molar-refractivity contribution in [3.05, 3.63) is 29.8 Å². The molecule has 1 aromatic rings. The Balaban J connectivity index is 1.52. The topological polar surface area (TPSA) is 36.4 Å². The zero-order valence-electron chi connectivity index (χ0n) is 12.5. The van der Waals surface area contributed by atoms with Gasteiger partial charge < -0.3 is 10.0 Å². The molecule has 0 radical (unpaired) electrons. The normalized spacial score (nSPS) is 25.5. The summed E-state index contributed by atoms with van der Waals surface area (Å²) < 4.78 is 12.9. The lowest BCUT2D eigenvalue weighted by Gasteiger charge is -2.29. The van der Waals surface area contributed by atoms with Gasteiger partial charge in [-0.15, -0.1) is 0 Å². The fourth-order valence-electron chi connectivity index (χ4n) is 4.03. The second kappa shape index (κ2) is 6.84. The minimum atomic E-state index is -0.588. The average molecular weight is 292 g/mol. The van der Waals surface area contributed by atoms with Gasteiger partial charge in [0.25, 0.3) is 0 Å². The number of pyridine rings is 1. The maximum atomic E-state index is 12.9. The fraction of sp³-hybridized carbons (Fsp3) is 0.706. The van der Waals surface area contributed by atoms with E-state index in [2.05, 4.69) is 9.88 Å². The summed E-state index contributed by atoms with van der Waals surface area (Å²) in [6.45, 7) is 2.08. The highest BCUT2D eigenvalue weighted by Crippen LogP contribution is 2.35. The van der Waals surface area contributed by atoms with Crippen LogP contribution in [-0.4, -0.2) is 34.1 Å². The molecule has 2 unspecified atom stereocenters. The molecule has 2 aliphatic rings. The van der Waals surface area contributed by atoms with Gasteiger partial charge >= 0.3 is 0 Å². The molecular weight excluding hydrogens is 267 g/mol. The SMILES string of the molecule is OC(CCN1CCCC1C1CCCC1)c1ccc(F)cn1. The zero-order valence-corrected chi connectivity index (χ0v) is 12.5. The van der Waals surface area contributed by atoms with Gasteiger partial charge in [0.05, 0.1) is 18.0 Å². The van der Waals surface area contributed by atoms with E-state index in [0.717, 1.165) is 25.0 Å². The molecule has 4 heteroatoms. The third kappa shape index (κ3) is 3.61. The quantitative estimate of drug-likeness (QED) is 0.904. The van der Waals surface area contributed by atoms with Crippen LogP contribution in [-0.2, 0) is 0 Å². The highest BCUT2D eigenvalue weighted by atomic mass is 19.1. The Bertz CT molecular complexity index is 445. The van der Waals surface area contributed by atoms with E-state index in [1.165, 1.54) is 50.8 Å². The molecule has 1 aromatic heterocycles. The standard InChI is InChI=1S/C17H25FN2O/c18-14-7-8-15(19-12-14)17(21)9-11-20-10-3-6-16(20)13-4-1-2-5-13/h7-8,12-13,16-17,21H,1-6,9-11H2. The third-order valence-corrected chi connectivity index (χ3v) is 5.14. The van der Waals surface area contributed by atoms with Gasteiger partial charge in [-0.05, 0) is 56.7 Å². The molecule has 1 aliphatic heterocycles. The molecule has 0 amide bonds. The van der Waals surface area contributed by atoms with Crippen molar-refractivity contribution >= 4 is 0 Å². The first-order valence-electron chi connectivity index (χ1n) is 8.27. The molecule has 1 N–H and O–H groups in total. The highest BCUT2D eigenvalue weighted by molar-refractivity contribution is 5.08. The van der Waals surface area contributed by atoms with Gasteiger partial charge in [0.15, 0.2) is 0 Å². The van der Waals surface area contributed by atoms with Crippen molar-refractivity contribution in [3.63, 3.8) is 0 Å². The van der Waals surface area contributed by atoms with E-state index < -0.39 is 6.10 Å². The van der Waals surface area contributed by atoms with Gasteiger partial charge in [0.1, 0.15) is 5.82 Å². The first-order valence-corrected chi connectivity index (χ1v) is 8.27. The summed E-state index contributed by atoms with van der Waals surface area (Å²) in [7, 11) is 0. The van der Waals surface area contributed by atoms with Crippen LogP contribution in [0.1, 0.15) is 56.7 Å². The molecular formula is C17H25FN2O. The first kappa shape index (κ1) is 14.9. The number of halogens is 1. The monoisotopic (exact) mass is 292 g/mol. The Hall–Kier alpha value is -1.00. The zero-order chi connectivity index (χ0) is 14.7. The number of likely N-dealkylation sites (tertiary alicyclic amines) is 1. The van der Waals surface area contributed by atoms with Gasteiger partial charge in [-0.3, -0.25) is 4.98 Å². The summed E-state index contributed by atoms with van der Waals surface area (Å²) in [6.07, 6.45) is 9.40. The molecule has 0 aromatic carbocycles. The Morgan fingerprint density at radius 1 is 1.24 bits per heavy atom. The molecule has 2 heterocycles. The Morgan fingerprint density at radius 3 is 2.76 bits per heavy atom. The summed E-state index contributed by atoms with van der Waals surface area (Å²) in [5, 5.41) is 10.2. The van der Waals surface area contributed by atoms with Crippen LogP contribution in [0.25, 0.3) is 0 Å². The average Bonchev–Trinajstić information content (AvgIpc) is 3.16. The van der Waals surface area contributed by atoms with Crippen molar-refractivity contribution < 1.29 is 9.50 Å². The number of rotatable bonds is 5. The van der Waals surface area contributed by atoms with Crippen LogP contribution in [0.2, 0.25) is 0 Å². The van der Waals surface area contributed by atoms with E-state index in [1.807, 2.05) is 0 Å². The summed E-state index contributed by atoms with van der Waals surface area (Å²) in [5.41, 5.74) is 0.577. The summed E-state index contributed by atoms with van der Waals surface area (Å²) >= 11 is 0. The van der Waals surface area contributed by atoms with Crippen LogP contribution >= 0.6 is 0 Å². The van der Waals surface area contributed by atoms with Gasteiger partial charge in [-0.2, -0.15) is 0 Å². The third-order valence-electron chi connectivity index (χ3n) is 5.14. The van der Waals surface area contributed by atoms with E-state index in [9.17, 15) is 9.50 Å². The van der Waals surface area contributed by atoms with Gasteiger partial charge in [0.2, 0.25) is 0 Å². The second-order valence-corrected chi connectivity index (χ2v) is 6.50. The minimum Gasteiger partial charge on any atom is -0.387 e. The van der Waals surface area contributed by atoms with Crippen molar-refractivity contribution in [1.82, 2.24) is 9.88 Å². The predicted molar refractivity (Wildman–Crippen MR) is 80.3 cm³/mol. The first-order chi connectivity index (χ1) is 10.2.